The first-order chi connectivity index (χ1) is 18.8. The molecule has 2 amide bonds. The van der Waals surface area contributed by atoms with Crippen molar-refractivity contribution >= 4 is 29.7 Å². The minimum atomic E-state index is -1.23. The topological polar surface area (TPSA) is 106 Å². The van der Waals surface area contributed by atoms with Gasteiger partial charge in [0.25, 0.3) is 11.8 Å². The number of likely N-dealkylation sites (tertiary alicyclic amines) is 1. The average molecular weight is 546 g/mol. The number of hydroxylamine groups is 2. The first kappa shape index (κ1) is 27.6. The molecular formula is C29H27N3O6S. The van der Waals surface area contributed by atoms with Crippen LogP contribution >= 0.6 is 11.9 Å². The Morgan fingerprint density at radius 1 is 0.923 bits per heavy atom. The van der Waals surface area contributed by atoms with Crippen LogP contribution in [0.4, 0.5) is 0 Å². The summed E-state index contributed by atoms with van der Waals surface area (Å²) in [4.78, 5) is 57.9. The molecule has 9 nitrogen and oxygen atoms in total. The number of ether oxygens (including phenoxy) is 1. The highest BCUT2D eigenvalue weighted by Gasteiger charge is 2.58. The van der Waals surface area contributed by atoms with Gasteiger partial charge >= 0.3 is 5.97 Å². The molecule has 0 aromatic heterocycles. The van der Waals surface area contributed by atoms with Gasteiger partial charge in [0.15, 0.2) is 23.9 Å². The Hall–Kier alpha value is -4.44. The van der Waals surface area contributed by atoms with E-state index in [9.17, 15) is 19.3 Å². The number of amides is 2. The molecule has 1 saturated heterocycles. The molecule has 1 aliphatic rings. The Morgan fingerprint density at radius 2 is 1.44 bits per heavy atom. The molecule has 1 fully saturated rings. The Morgan fingerprint density at radius 3 is 1.90 bits per heavy atom. The summed E-state index contributed by atoms with van der Waals surface area (Å²) in [5.41, 5.74) is 1.80. The molecule has 39 heavy (non-hydrogen) atoms. The van der Waals surface area contributed by atoms with Crippen LogP contribution in [-0.4, -0.2) is 45.2 Å². The summed E-state index contributed by atoms with van der Waals surface area (Å²) < 4.78 is 8.89. The van der Waals surface area contributed by atoms with Crippen LogP contribution < -0.4 is 4.84 Å². The van der Waals surface area contributed by atoms with E-state index in [0.717, 1.165) is 16.2 Å². The van der Waals surface area contributed by atoms with Gasteiger partial charge in [-0.15, -0.1) is 4.91 Å². The predicted octanol–water partition coefficient (Wildman–Crippen LogP) is 5.06. The van der Waals surface area contributed by atoms with E-state index in [4.69, 9.17) is 9.57 Å². The SMILES string of the molecule is C=C(C)C(C(=O)OC(c1ccccc1)c1ccccc1)N1C(=O)C(N(Oc2ccccc2)C(C)=O)C1SN=O. The van der Waals surface area contributed by atoms with E-state index < -0.39 is 41.3 Å². The first-order valence-corrected chi connectivity index (χ1v) is 13.0. The molecule has 10 heteroatoms. The van der Waals surface area contributed by atoms with Gasteiger partial charge in [-0.2, -0.15) is 5.06 Å². The predicted molar refractivity (Wildman–Crippen MR) is 147 cm³/mol. The number of hydrogen-bond acceptors (Lipinski definition) is 8. The van der Waals surface area contributed by atoms with Gasteiger partial charge in [0.1, 0.15) is 5.37 Å². The zero-order chi connectivity index (χ0) is 27.9. The number of carbonyl (C=O) groups is 3. The van der Waals surface area contributed by atoms with E-state index in [0.29, 0.717) is 23.3 Å². The molecule has 200 valence electrons. The Kier molecular flexibility index (Phi) is 8.77. The van der Waals surface area contributed by atoms with Crippen molar-refractivity contribution in [3.63, 3.8) is 0 Å². The molecule has 3 atom stereocenters. The summed E-state index contributed by atoms with van der Waals surface area (Å²) in [6.45, 7) is 6.74. The van der Waals surface area contributed by atoms with Gasteiger partial charge in [0.05, 0.1) is 0 Å². The summed E-state index contributed by atoms with van der Waals surface area (Å²) in [5.74, 6) is -1.58. The zero-order valence-electron chi connectivity index (χ0n) is 21.4. The molecule has 4 rings (SSSR count). The molecule has 1 heterocycles. The third kappa shape index (κ3) is 6.01. The lowest BCUT2D eigenvalue weighted by Gasteiger charge is -2.50. The number of nitrogens with zero attached hydrogens (tertiary/aromatic N) is 3. The summed E-state index contributed by atoms with van der Waals surface area (Å²) in [6, 6.07) is 24.4. The van der Waals surface area contributed by atoms with E-state index in [2.05, 4.69) is 11.2 Å². The second kappa shape index (κ2) is 12.4. The number of β-lactam (4-membered cyclic amide) rings is 1. The maximum Gasteiger partial charge on any atom is 0.334 e. The van der Waals surface area contributed by atoms with Crippen molar-refractivity contribution in [2.24, 2.45) is 4.58 Å². The van der Waals surface area contributed by atoms with Gasteiger partial charge in [0, 0.05) is 23.5 Å². The minimum absolute atomic E-state index is 0.321. The molecular weight excluding hydrogens is 518 g/mol. The van der Waals surface area contributed by atoms with E-state index in [-0.39, 0.29) is 0 Å². The lowest BCUT2D eigenvalue weighted by molar-refractivity contribution is -0.194. The van der Waals surface area contributed by atoms with Crippen LogP contribution in [0.3, 0.4) is 0 Å². The van der Waals surface area contributed by atoms with Crippen molar-refractivity contribution in [1.29, 1.82) is 0 Å². The van der Waals surface area contributed by atoms with Crippen LogP contribution in [0.5, 0.6) is 5.75 Å². The van der Waals surface area contributed by atoms with E-state index in [1.54, 1.807) is 37.3 Å². The minimum Gasteiger partial charge on any atom is -0.451 e. The number of nitroso groups, excluding NO2 is 1. The smallest absolute Gasteiger partial charge is 0.334 e. The van der Waals surface area contributed by atoms with Gasteiger partial charge in [0.2, 0.25) is 0 Å². The molecule has 0 N–H and O–H groups in total. The van der Waals surface area contributed by atoms with Gasteiger partial charge in [-0.05, 0) is 35.8 Å². The van der Waals surface area contributed by atoms with Crippen LogP contribution in [0.15, 0.2) is 108 Å². The van der Waals surface area contributed by atoms with Crippen molar-refractivity contribution < 1.29 is 24.0 Å². The van der Waals surface area contributed by atoms with Crippen LogP contribution in [0.25, 0.3) is 0 Å². The fourth-order valence-corrected chi connectivity index (χ4v) is 5.10. The number of hydrogen-bond donors (Lipinski definition) is 0. The van der Waals surface area contributed by atoms with Crippen molar-refractivity contribution in [3.05, 3.63) is 119 Å². The van der Waals surface area contributed by atoms with Gasteiger partial charge in [-0.3, -0.25) is 9.59 Å². The molecule has 3 aromatic rings. The third-order valence-electron chi connectivity index (χ3n) is 6.12. The summed E-state index contributed by atoms with van der Waals surface area (Å²) in [6.07, 6.45) is -0.751. The molecule has 0 spiro atoms. The van der Waals surface area contributed by atoms with Crippen molar-refractivity contribution in [3.8, 4) is 5.75 Å². The van der Waals surface area contributed by atoms with Gasteiger partial charge in [-0.25, -0.2) is 4.79 Å². The maximum atomic E-state index is 13.7. The summed E-state index contributed by atoms with van der Waals surface area (Å²) in [5, 5.41) is -0.113. The number of para-hydroxylation sites is 1. The van der Waals surface area contributed by atoms with Gasteiger partial charge < -0.3 is 14.5 Å². The lowest BCUT2D eigenvalue weighted by Crippen LogP contribution is -2.74. The number of benzene rings is 3. The average Bonchev–Trinajstić information content (AvgIpc) is 2.95. The normalized spacial score (nSPS) is 17.1. The fraction of sp³-hybridized carbons (Fsp3) is 0.207. The fourth-order valence-electron chi connectivity index (χ4n) is 4.34. The third-order valence-corrected chi connectivity index (χ3v) is 6.91. The van der Waals surface area contributed by atoms with Crippen molar-refractivity contribution in [2.45, 2.75) is 37.4 Å². The lowest BCUT2D eigenvalue weighted by atomic mass is 9.98. The van der Waals surface area contributed by atoms with Crippen LogP contribution in [0.2, 0.25) is 0 Å². The number of rotatable bonds is 11. The highest BCUT2D eigenvalue weighted by molar-refractivity contribution is 7.98. The molecule has 3 unspecified atom stereocenters. The second-order valence-electron chi connectivity index (χ2n) is 8.90. The molecule has 0 bridgehead atoms. The second-order valence-corrected chi connectivity index (χ2v) is 9.74. The van der Waals surface area contributed by atoms with Gasteiger partial charge in [-0.1, -0.05) is 85.4 Å². The van der Waals surface area contributed by atoms with E-state index in [1.165, 1.54) is 11.8 Å². The van der Waals surface area contributed by atoms with E-state index in [1.807, 2.05) is 60.7 Å². The highest BCUT2D eigenvalue weighted by Crippen LogP contribution is 2.39. The summed E-state index contributed by atoms with van der Waals surface area (Å²) >= 11 is 0.521. The number of esters is 1. The molecule has 0 aliphatic carbocycles. The van der Waals surface area contributed by atoms with E-state index >= 15 is 0 Å². The molecule has 0 radical (unpaired) electrons. The zero-order valence-corrected chi connectivity index (χ0v) is 22.2. The van der Waals surface area contributed by atoms with Crippen LogP contribution in [-0.2, 0) is 19.1 Å². The maximum absolute atomic E-state index is 13.7. The van der Waals surface area contributed by atoms with Crippen LogP contribution in [0, 0.1) is 4.91 Å². The summed E-state index contributed by atoms with van der Waals surface area (Å²) in [7, 11) is 0. The Bertz CT molecular complexity index is 1300. The quantitative estimate of drug-likeness (QED) is 0.0828. The monoisotopic (exact) mass is 545 g/mol. The van der Waals surface area contributed by atoms with Crippen molar-refractivity contribution in [2.75, 3.05) is 0 Å². The number of carbonyl (C=O) groups excluding carboxylic acids is 3. The highest BCUT2D eigenvalue weighted by atomic mass is 32.2. The molecule has 0 saturated carbocycles. The standard InChI is InChI=1S/C29H27N3O6S/c1-19(2)24(29(35)37-26(21-13-7-4-8-14-21)22-15-9-5-10-16-22)31-27(34)25(28(31)39-30-36)32(20(3)33)38-23-17-11-6-12-18-23/h4-18,24-26,28H,1H2,2-3H3. The molecule has 1 aliphatic heterocycles. The van der Waals surface area contributed by atoms with Crippen LogP contribution in [0.1, 0.15) is 31.1 Å². The Labute approximate surface area is 230 Å². The molecule has 3 aromatic carbocycles. The largest absolute Gasteiger partial charge is 0.451 e. The first-order valence-electron chi connectivity index (χ1n) is 12.1. The van der Waals surface area contributed by atoms with Crippen molar-refractivity contribution in [1.82, 2.24) is 9.96 Å². The Balaban J connectivity index is 1.62.